The molecule has 4 nitrogen and oxygen atoms in total. The second-order valence-electron chi connectivity index (χ2n) is 5.16. The Hall–Kier alpha value is -0.980. The van der Waals surface area contributed by atoms with E-state index in [1.54, 1.807) is 13.8 Å². The van der Waals surface area contributed by atoms with Crippen LogP contribution in [0.15, 0.2) is 23.1 Å². The van der Waals surface area contributed by atoms with E-state index in [1.165, 1.54) is 6.07 Å². The number of hydrogen-bond donors (Lipinski definition) is 2. The molecule has 2 N–H and O–H groups in total. The number of benzene rings is 1. The second-order valence-corrected chi connectivity index (χ2v) is 6.81. The Labute approximate surface area is 113 Å². The minimum Gasteiger partial charge on any atom is -0.392 e. The molecular weight excluding hydrogens is 269 g/mol. The molecule has 0 aliphatic rings. The van der Waals surface area contributed by atoms with Gasteiger partial charge in [0.2, 0.25) is 10.0 Å². The van der Waals surface area contributed by atoms with Crippen molar-refractivity contribution < 1.29 is 17.9 Å². The molecule has 0 spiro atoms. The molecule has 1 aromatic carbocycles. The van der Waals surface area contributed by atoms with Crippen molar-refractivity contribution in [2.75, 3.05) is 0 Å². The lowest BCUT2D eigenvalue weighted by Gasteiger charge is -2.25. The highest BCUT2D eigenvalue weighted by Crippen LogP contribution is 2.20. The highest BCUT2D eigenvalue weighted by atomic mass is 32.2. The van der Waals surface area contributed by atoms with Gasteiger partial charge < -0.3 is 5.11 Å². The van der Waals surface area contributed by atoms with Gasteiger partial charge in [0.05, 0.1) is 6.61 Å². The Balaban J connectivity index is 3.13. The normalized spacial score (nSPS) is 12.7. The van der Waals surface area contributed by atoms with Crippen molar-refractivity contribution in [3.63, 3.8) is 0 Å². The Kier molecular flexibility index (Phi) is 5.06. The van der Waals surface area contributed by atoms with Gasteiger partial charge in [-0.3, -0.25) is 0 Å². The fraction of sp³-hybridized carbons (Fsp3) is 0.538. The summed E-state index contributed by atoms with van der Waals surface area (Å²) in [6.07, 6.45) is 1.46. The lowest BCUT2D eigenvalue weighted by Crippen LogP contribution is -2.43. The van der Waals surface area contributed by atoms with E-state index in [9.17, 15) is 12.8 Å². The van der Waals surface area contributed by atoms with E-state index < -0.39 is 26.3 Å². The zero-order chi connectivity index (χ0) is 14.7. The summed E-state index contributed by atoms with van der Waals surface area (Å²) in [6, 6.07) is 3.55. The Morgan fingerprint density at radius 2 is 2.00 bits per heavy atom. The predicted octanol–water partition coefficient (Wildman–Crippen LogP) is 2.17. The first-order chi connectivity index (χ1) is 8.72. The van der Waals surface area contributed by atoms with E-state index >= 15 is 0 Å². The Morgan fingerprint density at radius 3 is 2.53 bits per heavy atom. The van der Waals surface area contributed by atoms with Crippen molar-refractivity contribution in [3.05, 3.63) is 29.6 Å². The third-order valence-electron chi connectivity index (χ3n) is 2.75. The lowest BCUT2D eigenvalue weighted by atomic mass is 10.0. The van der Waals surface area contributed by atoms with Crippen LogP contribution in [0.3, 0.4) is 0 Å². The van der Waals surface area contributed by atoms with Crippen LogP contribution in [-0.4, -0.2) is 19.1 Å². The van der Waals surface area contributed by atoms with Gasteiger partial charge >= 0.3 is 0 Å². The smallest absolute Gasteiger partial charge is 0.243 e. The predicted molar refractivity (Wildman–Crippen MR) is 71.6 cm³/mol. The first-order valence-corrected chi connectivity index (χ1v) is 7.63. The number of hydrogen-bond acceptors (Lipinski definition) is 3. The van der Waals surface area contributed by atoms with E-state index in [4.69, 9.17) is 5.11 Å². The van der Waals surface area contributed by atoms with Crippen molar-refractivity contribution in [3.8, 4) is 0 Å². The third kappa shape index (κ3) is 4.26. The second kappa shape index (κ2) is 5.98. The van der Waals surface area contributed by atoms with Crippen LogP contribution in [-0.2, 0) is 16.6 Å². The molecule has 0 unspecified atom stereocenters. The highest BCUT2D eigenvalue weighted by Gasteiger charge is 2.27. The zero-order valence-electron chi connectivity index (χ0n) is 11.4. The number of aliphatic hydroxyl groups is 1. The van der Waals surface area contributed by atoms with Gasteiger partial charge in [-0.1, -0.05) is 19.4 Å². The van der Waals surface area contributed by atoms with Crippen LogP contribution in [0.5, 0.6) is 0 Å². The molecule has 0 saturated heterocycles. The fourth-order valence-corrected chi connectivity index (χ4v) is 3.52. The third-order valence-corrected chi connectivity index (χ3v) is 4.47. The van der Waals surface area contributed by atoms with Crippen LogP contribution in [0.25, 0.3) is 0 Å². The standard InChI is InChI=1S/C13H20FNO3S/c1-4-7-13(2,3)15-19(17,18)12-8-10(9-16)5-6-11(12)14/h5-6,8,15-16H,4,7,9H2,1-3H3. The molecule has 0 bridgehead atoms. The summed E-state index contributed by atoms with van der Waals surface area (Å²) >= 11 is 0. The Bertz CT molecular complexity index is 541. The van der Waals surface area contributed by atoms with E-state index in [0.717, 1.165) is 18.6 Å². The van der Waals surface area contributed by atoms with Crippen molar-refractivity contribution in [1.82, 2.24) is 4.72 Å². The van der Waals surface area contributed by atoms with Gasteiger partial charge in [0, 0.05) is 5.54 Å². The molecule has 1 aromatic rings. The van der Waals surface area contributed by atoms with Gasteiger partial charge in [-0.25, -0.2) is 17.5 Å². The zero-order valence-corrected chi connectivity index (χ0v) is 12.2. The maximum absolute atomic E-state index is 13.7. The number of halogens is 1. The SMILES string of the molecule is CCCC(C)(C)NS(=O)(=O)c1cc(CO)ccc1F. The molecule has 1 rings (SSSR count). The number of sulfonamides is 1. The van der Waals surface area contributed by atoms with Crippen LogP contribution < -0.4 is 4.72 Å². The molecule has 108 valence electrons. The van der Waals surface area contributed by atoms with Crippen molar-refractivity contribution in [2.24, 2.45) is 0 Å². The van der Waals surface area contributed by atoms with Gasteiger partial charge in [0.1, 0.15) is 10.7 Å². The largest absolute Gasteiger partial charge is 0.392 e. The summed E-state index contributed by atoms with van der Waals surface area (Å²) in [6.45, 7) is 5.12. The molecular formula is C13H20FNO3S. The summed E-state index contributed by atoms with van der Waals surface area (Å²) in [5, 5.41) is 9.00. The van der Waals surface area contributed by atoms with Crippen LogP contribution in [0.4, 0.5) is 4.39 Å². The van der Waals surface area contributed by atoms with E-state index in [1.807, 2.05) is 6.92 Å². The first kappa shape index (κ1) is 16.1. The summed E-state index contributed by atoms with van der Waals surface area (Å²) in [4.78, 5) is -0.428. The highest BCUT2D eigenvalue weighted by molar-refractivity contribution is 7.89. The van der Waals surface area contributed by atoms with Gasteiger partial charge in [0.15, 0.2) is 0 Å². The quantitative estimate of drug-likeness (QED) is 0.843. The van der Waals surface area contributed by atoms with Crippen molar-refractivity contribution in [1.29, 1.82) is 0 Å². The lowest BCUT2D eigenvalue weighted by molar-refractivity contribution is 0.281. The Morgan fingerprint density at radius 1 is 1.37 bits per heavy atom. The minimum atomic E-state index is -3.94. The molecule has 0 fully saturated rings. The van der Waals surface area contributed by atoms with Gasteiger partial charge in [-0.05, 0) is 38.0 Å². The van der Waals surface area contributed by atoms with E-state index in [2.05, 4.69) is 4.72 Å². The molecule has 0 amide bonds. The fourth-order valence-electron chi connectivity index (χ4n) is 1.95. The molecule has 0 atom stereocenters. The number of rotatable bonds is 6. The van der Waals surface area contributed by atoms with Crippen molar-refractivity contribution in [2.45, 2.75) is 50.7 Å². The monoisotopic (exact) mass is 289 g/mol. The summed E-state index contributed by atoms with van der Waals surface area (Å²) in [5.41, 5.74) is -0.287. The molecule has 0 aromatic heterocycles. The van der Waals surface area contributed by atoms with Gasteiger partial charge in [0.25, 0.3) is 0 Å². The summed E-state index contributed by atoms with van der Waals surface area (Å²) in [7, 11) is -3.94. The van der Waals surface area contributed by atoms with Crippen LogP contribution in [0.1, 0.15) is 39.2 Å². The summed E-state index contributed by atoms with van der Waals surface area (Å²) < 4.78 is 40.5. The minimum absolute atomic E-state index is 0.332. The molecule has 0 saturated carbocycles. The van der Waals surface area contributed by atoms with Crippen LogP contribution in [0, 0.1) is 5.82 Å². The topological polar surface area (TPSA) is 66.4 Å². The molecule has 6 heteroatoms. The molecule has 19 heavy (non-hydrogen) atoms. The molecule has 0 radical (unpaired) electrons. The van der Waals surface area contributed by atoms with Gasteiger partial charge in [-0.15, -0.1) is 0 Å². The molecule has 0 aliphatic heterocycles. The van der Waals surface area contributed by atoms with E-state index in [-0.39, 0.29) is 6.61 Å². The van der Waals surface area contributed by atoms with Crippen LogP contribution in [0.2, 0.25) is 0 Å². The first-order valence-electron chi connectivity index (χ1n) is 6.15. The van der Waals surface area contributed by atoms with E-state index in [0.29, 0.717) is 12.0 Å². The average molecular weight is 289 g/mol. The maximum atomic E-state index is 13.7. The number of aliphatic hydroxyl groups excluding tert-OH is 1. The van der Waals surface area contributed by atoms with Crippen LogP contribution >= 0.6 is 0 Å². The van der Waals surface area contributed by atoms with Gasteiger partial charge in [-0.2, -0.15) is 0 Å². The number of nitrogens with one attached hydrogen (secondary N) is 1. The summed E-state index contributed by atoms with van der Waals surface area (Å²) in [5.74, 6) is -0.822. The molecule has 0 aliphatic carbocycles. The van der Waals surface area contributed by atoms with Crippen molar-refractivity contribution >= 4 is 10.0 Å². The average Bonchev–Trinajstić information content (AvgIpc) is 2.27. The molecule has 0 heterocycles. The maximum Gasteiger partial charge on any atom is 0.243 e.